The molecule has 2 aromatic carbocycles. The van der Waals surface area contributed by atoms with Gasteiger partial charge in [0.1, 0.15) is 11.5 Å². The van der Waals surface area contributed by atoms with E-state index in [9.17, 15) is 9.59 Å². The van der Waals surface area contributed by atoms with E-state index in [0.29, 0.717) is 16.4 Å². The normalized spacial score (nSPS) is 10.3. The molecule has 0 aliphatic rings. The summed E-state index contributed by atoms with van der Waals surface area (Å²) in [5.41, 5.74) is 2.86. The van der Waals surface area contributed by atoms with Gasteiger partial charge in [-0.2, -0.15) is 0 Å². The zero-order valence-electron chi connectivity index (χ0n) is 16.2. The van der Waals surface area contributed by atoms with E-state index in [1.54, 1.807) is 25.3 Å². The largest absolute Gasteiger partial charge is 0.497 e. The molecule has 29 heavy (non-hydrogen) atoms. The number of aryl methyl sites for hydroxylation is 1. The maximum absolute atomic E-state index is 12.1. The summed E-state index contributed by atoms with van der Waals surface area (Å²) in [4.78, 5) is 28.6. The van der Waals surface area contributed by atoms with Gasteiger partial charge in [-0.3, -0.25) is 10.1 Å². The lowest BCUT2D eigenvalue weighted by molar-refractivity contribution is -0.119. The number of methoxy groups -OCH3 is 2. The minimum Gasteiger partial charge on any atom is -0.497 e. The first-order chi connectivity index (χ1) is 14.0. The summed E-state index contributed by atoms with van der Waals surface area (Å²) < 4.78 is 15.4. The van der Waals surface area contributed by atoms with Crippen molar-refractivity contribution in [3.8, 4) is 22.8 Å². The molecule has 1 heterocycles. The summed E-state index contributed by atoms with van der Waals surface area (Å²) in [6.45, 7) is 1.46. The lowest BCUT2D eigenvalue weighted by atomic mass is 10.1. The third-order valence-electron chi connectivity index (χ3n) is 4.11. The Morgan fingerprint density at radius 2 is 1.83 bits per heavy atom. The van der Waals surface area contributed by atoms with Crippen LogP contribution >= 0.6 is 11.3 Å². The second-order valence-corrected chi connectivity index (χ2v) is 6.93. The number of nitrogens with one attached hydrogen (secondary N) is 1. The molecule has 0 saturated carbocycles. The van der Waals surface area contributed by atoms with E-state index in [-0.39, 0.29) is 0 Å². The lowest BCUT2D eigenvalue weighted by Gasteiger charge is -2.08. The fraction of sp³-hybridized carbons (Fsp3) is 0.190. The first-order valence-electron chi connectivity index (χ1n) is 8.71. The van der Waals surface area contributed by atoms with Gasteiger partial charge >= 0.3 is 5.97 Å². The third-order valence-corrected chi connectivity index (χ3v) is 4.87. The molecule has 0 bridgehead atoms. The number of amides is 1. The number of rotatable bonds is 7. The Morgan fingerprint density at radius 1 is 1.07 bits per heavy atom. The molecule has 1 N–H and O–H groups in total. The summed E-state index contributed by atoms with van der Waals surface area (Å²) >= 11 is 1.29. The fourth-order valence-electron chi connectivity index (χ4n) is 2.54. The molecular weight excluding hydrogens is 392 g/mol. The first-order valence-corrected chi connectivity index (χ1v) is 9.59. The highest BCUT2D eigenvalue weighted by molar-refractivity contribution is 7.14. The summed E-state index contributed by atoms with van der Waals surface area (Å²) in [6.07, 6.45) is 0. The number of anilines is 1. The van der Waals surface area contributed by atoms with E-state index in [2.05, 4.69) is 10.3 Å². The predicted molar refractivity (Wildman–Crippen MR) is 111 cm³/mol. The van der Waals surface area contributed by atoms with Crippen LogP contribution in [0.1, 0.15) is 15.9 Å². The van der Waals surface area contributed by atoms with Gasteiger partial charge in [-0.1, -0.05) is 6.07 Å². The average Bonchev–Trinajstić information content (AvgIpc) is 3.20. The number of thiazole rings is 1. The van der Waals surface area contributed by atoms with Gasteiger partial charge < -0.3 is 14.2 Å². The van der Waals surface area contributed by atoms with Crippen molar-refractivity contribution >= 4 is 28.3 Å². The van der Waals surface area contributed by atoms with Crippen molar-refractivity contribution in [3.05, 3.63) is 59.0 Å². The van der Waals surface area contributed by atoms with E-state index in [4.69, 9.17) is 14.2 Å². The summed E-state index contributed by atoms with van der Waals surface area (Å²) in [6, 6.07) is 12.4. The molecule has 7 nitrogen and oxygen atoms in total. The SMILES string of the molecule is COc1ccc(-c2csc(NC(=O)COC(=O)c3ccc(C)c(OC)c3)n2)cc1. The Bertz CT molecular complexity index is 1010. The molecule has 150 valence electrons. The van der Waals surface area contributed by atoms with Crippen LogP contribution < -0.4 is 14.8 Å². The highest BCUT2D eigenvalue weighted by Crippen LogP contribution is 2.26. The van der Waals surface area contributed by atoms with Crippen molar-refractivity contribution in [2.45, 2.75) is 6.92 Å². The molecule has 3 rings (SSSR count). The van der Waals surface area contributed by atoms with Crippen LogP contribution in [0.5, 0.6) is 11.5 Å². The Labute approximate surface area is 172 Å². The summed E-state index contributed by atoms with van der Waals surface area (Å²) in [5.74, 6) is 0.271. The minimum atomic E-state index is -0.600. The molecule has 0 aliphatic carbocycles. The highest BCUT2D eigenvalue weighted by atomic mass is 32.1. The fourth-order valence-corrected chi connectivity index (χ4v) is 3.28. The van der Waals surface area contributed by atoms with E-state index in [0.717, 1.165) is 22.6 Å². The number of hydrogen-bond acceptors (Lipinski definition) is 7. The number of nitrogens with zero attached hydrogens (tertiary/aromatic N) is 1. The smallest absolute Gasteiger partial charge is 0.338 e. The molecule has 8 heteroatoms. The van der Waals surface area contributed by atoms with Crippen LogP contribution in [-0.2, 0) is 9.53 Å². The maximum Gasteiger partial charge on any atom is 0.338 e. The molecule has 0 spiro atoms. The van der Waals surface area contributed by atoms with Crippen molar-refractivity contribution in [3.63, 3.8) is 0 Å². The molecule has 0 atom stereocenters. The number of carbonyl (C=O) groups excluding carboxylic acids is 2. The van der Waals surface area contributed by atoms with Gasteiger partial charge in [0, 0.05) is 10.9 Å². The van der Waals surface area contributed by atoms with Crippen LogP contribution in [0.25, 0.3) is 11.3 Å². The van der Waals surface area contributed by atoms with Gasteiger partial charge in [0.05, 0.1) is 25.5 Å². The lowest BCUT2D eigenvalue weighted by Crippen LogP contribution is -2.20. The van der Waals surface area contributed by atoms with Crippen LogP contribution in [0.4, 0.5) is 5.13 Å². The van der Waals surface area contributed by atoms with Gasteiger partial charge in [-0.25, -0.2) is 9.78 Å². The zero-order valence-corrected chi connectivity index (χ0v) is 17.0. The molecule has 3 aromatic rings. The van der Waals surface area contributed by atoms with E-state index >= 15 is 0 Å². The van der Waals surface area contributed by atoms with Crippen LogP contribution in [0.2, 0.25) is 0 Å². The van der Waals surface area contributed by atoms with Crippen molar-refractivity contribution in [1.29, 1.82) is 0 Å². The molecule has 0 saturated heterocycles. The second-order valence-electron chi connectivity index (χ2n) is 6.08. The second kappa shape index (κ2) is 9.20. The zero-order chi connectivity index (χ0) is 20.8. The Kier molecular flexibility index (Phi) is 6.46. The molecule has 0 radical (unpaired) electrons. The number of hydrogen-bond donors (Lipinski definition) is 1. The molecule has 0 unspecified atom stereocenters. The van der Waals surface area contributed by atoms with Crippen LogP contribution in [0.3, 0.4) is 0 Å². The molecule has 1 amide bonds. The summed E-state index contributed by atoms with van der Waals surface area (Å²) in [7, 11) is 3.13. The number of aromatic nitrogens is 1. The Hall–Kier alpha value is -3.39. The minimum absolute atomic E-state index is 0.316. The average molecular weight is 412 g/mol. The number of ether oxygens (including phenoxy) is 3. The van der Waals surface area contributed by atoms with E-state index in [1.807, 2.05) is 36.6 Å². The van der Waals surface area contributed by atoms with Crippen molar-refractivity contribution in [2.24, 2.45) is 0 Å². The Morgan fingerprint density at radius 3 is 2.52 bits per heavy atom. The van der Waals surface area contributed by atoms with Gasteiger partial charge in [0.25, 0.3) is 5.91 Å². The van der Waals surface area contributed by atoms with E-state index < -0.39 is 18.5 Å². The monoisotopic (exact) mass is 412 g/mol. The van der Waals surface area contributed by atoms with Crippen molar-refractivity contribution in [2.75, 3.05) is 26.1 Å². The van der Waals surface area contributed by atoms with Gasteiger partial charge in [0.2, 0.25) is 0 Å². The molecular formula is C21H20N2O5S. The number of benzene rings is 2. The maximum atomic E-state index is 12.1. The highest BCUT2D eigenvalue weighted by Gasteiger charge is 2.14. The molecule has 0 aliphatic heterocycles. The van der Waals surface area contributed by atoms with Gasteiger partial charge in [0.15, 0.2) is 11.7 Å². The Balaban J connectivity index is 1.55. The van der Waals surface area contributed by atoms with Gasteiger partial charge in [-0.15, -0.1) is 11.3 Å². The van der Waals surface area contributed by atoms with Crippen LogP contribution in [0, 0.1) is 6.92 Å². The van der Waals surface area contributed by atoms with Gasteiger partial charge in [-0.05, 0) is 48.9 Å². The standard InChI is InChI=1S/C21H20N2O5S/c1-13-4-5-15(10-18(13)27-3)20(25)28-11-19(24)23-21-22-17(12-29-21)14-6-8-16(26-2)9-7-14/h4-10,12H,11H2,1-3H3,(H,22,23,24). The number of esters is 1. The van der Waals surface area contributed by atoms with Crippen LogP contribution in [-0.4, -0.2) is 37.7 Å². The predicted octanol–water partition coefficient (Wildman–Crippen LogP) is 3.93. The topological polar surface area (TPSA) is 86.8 Å². The van der Waals surface area contributed by atoms with Crippen molar-refractivity contribution in [1.82, 2.24) is 4.98 Å². The van der Waals surface area contributed by atoms with Crippen molar-refractivity contribution < 1.29 is 23.8 Å². The van der Waals surface area contributed by atoms with E-state index in [1.165, 1.54) is 18.4 Å². The third kappa shape index (κ3) is 5.11. The quantitative estimate of drug-likeness (QED) is 0.592. The molecule has 1 aromatic heterocycles. The first kappa shape index (κ1) is 20.3. The number of carbonyl (C=O) groups is 2. The van der Waals surface area contributed by atoms with Crippen LogP contribution in [0.15, 0.2) is 47.8 Å². The summed E-state index contributed by atoms with van der Waals surface area (Å²) in [5, 5.41) is 4.90. The molecule has 0 fully saturated rings.